The molecule has 1 fully saturated rings. The summed E-state index contributed by atoms with van der Waals surface area (Å²) in [7, 11) is 0. The highest BCUT2D eigenvalue weighted by Gasteiger charge is 2.24. The van der Waals surface area contributed by atoms with Crippen LogP contribution in [0.4, 0.5) is 0 Å². The first-order chi connectivity index (χ1) is 8.20. The molecule has 0 saturated carbocycles. The Morgan fingerprint density at radius 3 is 3.00 bits per heavy atom. The molecule has 0 radical (unpaired) electrons. The second kappa shape index (κ2) is 5.96. The minimum Gasteiger partial charge on any atom is -0.395 e. The minimum atomic E-state index is 0.0993. The standard InChI is InChI=1S/C12H16ClNO2S/c13-12-5-4-11(17-12)10(16)7-14-6-2-1-3-9(14)8-15/h4-5,9,15H,1-3,6-8H2. The number of piperidine rings is 1. The molecule has 17 heavy (non-hydrogen) atoms. The largest absolute Gasteiger partial charge is 0.395 e. The number of aliphatic hydroxyl groups excluding tert-OH is 1. The Bertz CT molecular complexity index is 394. The fourth-order valence-electron chi connectivity index (χ4n) is 2.20. The van der Waals surface area contributed by atoms with E-state index in [0.717, 1.165) is 25.8 Å². The quantitative estimate of drug-likeness (QED) is 0.857. The molecular formula is C12H16ClNO2S. The number of carbonyl (C=O) groups is 1. The van der Waals surface area contributed by atoms with Gasteiger partial charge in [0.1, 0.15) is 0 Å². The second-order valence-electron chi connectivity index (χ2n) is 4.33. The van der Waals surface area contributed by atoms with E-state index in [1.54, 1.807) is 12.1 Å². The van der Waals surface area contributed by atoms with E-state index < -0.39 is 0 Å². The Kier molecular flexibility index (Phi) is 4.56. The van der Waals surface area contributed by atoms with Gasteiger partial charge in [-0.1, -0.05) is 18.0 Å². The van der Waals surface area contributed by atoms with Crippen LogP contribution < -0.4 is 0 Å². The first-order valence-corrected chi connectivity index (χ1v) is 7.03. The van der Waals surface area contributed by atoms with Crippen molar-refractivity contribution in [2.45, 2.75) is 25.3 Å². The minimum absolute atomic E-state index is 0.0993. The van der Waals surface area contributed by atoms with Crippen LogP contribution in [0.3, 0.4) is 0 Å². The van der Waals surface area contributed by atoms with E-state index >= 15 is 0 Å². The van der Waals surface area contributed by atoms with Gasteiger partial charge in [0.15, 0.2) is 5.78 Å². The molecule has 3 nitrogen and oxygen atoms in total. The van der Waals surface area contributed by atoms with Crippen LogP contribution in [0, 0.1) is 0 Å². The summed E-state index contributed by atoms with van der Waals surface area (Å²) in [5.74, 6) is 0.0993. The molecule has 1 N–H and O–H groups in total. The van der Waals surface area contributed by atoms with Gasteiger partial charge in [0, 0.05) is 6.04 Å². The van der Waals surface area contributed by atoms with E-state index in [-0.39, 0.29) is 18.4 Å². The van der Waals surface area contributed by atoms with Gasteiger partial charge in [-0.2, -0.15) is 0 Å². The number of nitrogens with zero attached hydrogens (tertiary/aromatic N) is 1. The third-order valence-corrected chi connectivity index (χ3v) is 4.43. The predicted octanol–water partition coefficient (Wildman–Crippen LogP) is 2.43. The van der Waals surface area contributed by atoms with Crippen molar-refractivity contribution < 1.29 is 9.90 Å². The van der Waals surface area contributed by atoms with E-state index in [1.807, 2.05) is 0 Å². The number of rotatable bonds is 4. The van der Waals surface area contributed by atoms with Crippen molar-refractivity contribution >= 4 is 28.7 Å². The van der Waals surface area contributed by atoms with Crippen molar-refractivity contribution in [3.8, 4) is 0 Å². The average molecular weight is 274 g/mol. The van der Waals surface area contributed by atoms with E-state index in [9.17, 15) is 9.90 Å². The Hall–Kier alpha value is -0.420. The van der Waals surface area contributed by atoms with Crippen molar-refractivity contribution in [3.05, 3.63) is 21.3 Å². The van der Waals surface area contributed by atoms with Crippen LogP contribution in [0.1, 0.15) is 28.9 Å². The molecule has 0 aromatic carbocycles. The Labute approximate surface area is 110 Å². The number of aliphatic hydroxyl groups is 1. The lowest BCUT2D eigenvalue weighted by molar-refractivity contribution is 0.0714. The van der Waals surface area contributed by atoms with Crippen LogP contribution >= 0.6 is 22.9 Å². The van der Waals surface area contributed by atoms with Gasteiger partial charge in [-0.15, -0.1) is 11.3 Å². The van der Waals surface area contributed by atoms with Crippen molar-refractivity contribution in [3.63, 3.8) is 0 Å². The van der Waals surface area contributed by atoms with Crippen LogP contribution in [0.15, 0.2) is 12.1 Å². The number of ketones is 1. The zero-order valence-electron chi connectivity index (χ0n) is 9.56. The van der Waals surface area contributed by atoms with Gasteiger partial charge in [-0.25, -0.2) is 0 Å². The van der Waals surface area contributed by atoms with E-state index in [2.05, 4.69) is 4.90 Å². The topological polar surface area (TPSA) is 40.5 Å². The van der Waals surface area contributed by atoms with Crippen LogP contribution in [0.5, 0.6) is 0 Å². The molecular weight excluding hydrogens is 258 g/mol. The van der Waals surface area contributed by atoms with Gasteiger partial charge in [-0.05, 0) is 31.5 Å². The molecule has 1 atom stereocenters. The van der Waals surface area contributed by atoms with Crippen LogP contribution in [-0.2, 0) is 0 Å². The molecule has 0 amide bonds. The predicted molar refractivity (Wildman–Crippen MR) is 70.0 cm³/mol. The van der Waals surface area contributed by atoms with Gasteiger partial charge < -0.3 is 5.11 Å². The molecule has 1 unspecified atom stereocenters. The zero-order chi connectivity index (χ0) is 12.3. The lowest BCUT2D eigenvalue weighted by atomic mass is 10.0. The van der Waals surface area contributed by atoms with Crippen LogP contribution in [0.2, 0.25) is 4.34 Å². The lowest BCUT2D eigenvalue weighted by Gasteiger charge is -2.33. The first kappa shape index (κ1) is 13.0. The summed E-state index contributed by atoms with van der Waals surface area (Å²) in [5, 5.41) is 9.28. The molecule has 1 aliphatic rings. The maximum atomic E-state index is 12.0. The van der Waals surface area contributed by atoms with Crippen LogP contribution in [0.25, 0.3) is 0 Å². The molecule has 0 bridgehead atoms. The number of Topliss-reactive ketones (excluding diaryl/α,β-unsaturated/α-hetero) is 1. The summed E-state index contributed by atoms with van der Waals surface area (Å²) in [6.45, 7) is 1.43. The maximum absolute atomic E-state index is 12.0. The number of hydrogen-bond donors (Lipinski definition) is 1. The molecule has 0 aliphatic carbocycles. The molecule has 2 heterocycles. The highest BCUT2D eigenvalue weighted by molar-refractivity contribution is 7.18. The summed E-state index contributed by atoms with van der Waals surface area (Å²) >= 11 is 7.14. The normalized spacial score (nSPS) is 21.6. The summed E-state index contributed by atoms with van der Waals surface area (Å²) in [5.41, 5.74) is 0. The van der Waals surface area contributed by atoms with E-state index in [1.165, 1.54) is 11.3 Å². The second-order valence-corrected chi connectivity index (χ2v) is 6.04. The lowest BCUT2D eigenvalue weighted by Crippen LogP contribution is -2.44. The van der Waals surface area contributed by atoms with Gasteiger partial charge in [-0.3, -0.25) is 9.69 Å². The smallest absolute Gasteiger partial charge is 0.186 e. The summed E-state index contributed by atoms with van der Waals surface area (Å²) in [6.07, 6.45) is 3.23. The maximum Gasteiger partial charge on any atom is 0.186 e. The molecule has 1 aromatic heterocycles. The highest BCUT2D eigenvalue weighted by Crippen LogP contribution is 2.23. The Morgan fingerprint density at radius 2 is 2.35 bits per heavy atom. The van der Waals surface area contributed by atoms with Crippen molar-refractivity contribution in [2.75, 3.05) is 19.7 Å². The molecule has 1 aromatic rings. The third kappa shape index (κ3) is 3.28. The average Bonchev–Trinajstić information content (AvgIpc) is 2.77. The molecule has 0 spiro atoms. The number of halogens is 1. The third-order valence-electron chi connectivity index (χ3n) is 3.15. The molecule has 1 aliphatic heterocycles. The van der Waals surface area contributed by atoms with Gasteiger partial charge in [0.2, 0.25) is 0 Å². The number of likely N-dealkylation sites (tertiary alicyclic amines) is 1. The van der Waals surface area contributed by atoms with Gasteiger partial charge in [0.25, 0.3) is 0 Å². The van der Waals surface area contributed by atoms with Crippen molar-refractivity contribution in [2.24, 2.45) is 0 Å². The van der Waals surface area contributed by atoms with Crippen molar-refractivity contribution in [1.29, 1.82) is 0 Å². The first-order valence-electron chi connectivity index (χ1n) is 5.84. The Balaban J connectivity index is 1.97. The Morgan fingerprint density at radius 1 is 1.53 bits per heavy atom. The molecule has 5 heteroatoms. The van der Waals surface area contributed by atoms with E-state index in [0.29, 0.717) is 15.8 Å². The summed E-state index contributed by atoms with van der Waals surface area (Å²) in [6, 6.07) is 3.66. The highest BCUT2D eigenvalue weighted by atomic mass is 35.5. The fraction of sp³-hybridized carbons (Fsp3) is 0.583. The SMILES string of the molecule is O=C(CN1CCCCC1CO)c1ccc(Cl)s1. The number of carbonyl (C=O) groups excluding carboxylic acids is 1. The summed E-state index contributed by atoms with van der Waals surface area (Å²) < 4.78 is 0.644. The molecule has 94 valence electrons. The summed E-state index contributed by atoms with van der Waals surface area (Å²) in [4.78, 5) is 14.8. The van der Waals surface area contributed by atoms with E-state index in [4.69, 9.17) is 11.6 Å². The number of hydrogen-bond acceptors (Lipinski definition) is 4. The zero-order valence-corrected chi connectivity index (χ0v) is 11.1. The van der Waals surface area contributed by atoms with Crippen LogP contribution in [-0.4, -0.2) is 41.5 Å². The fourth-order valence-corrected chi connectivity index (χ4v) is 3.17. The molecule has 1 saturated heterocycles. The van der Waals surface area contributed by atoms with Gasteiger partial charge >= 0.3 is 0 Å². The number of thiophene rings is 1. The molecule has 2 rings (SSSR count). The van der Waals surface area contributed by atoms with Gasteiger partial charge in [0.05, 0.1) is 22.4 Å². The monoisotopic (exact) mass is 273 g/mol. The van der Waals surface area contributed by atoms with Crippen molar-refractivity contribution in [1.82, 2.24) is 4.90 Å².